The Kier molecular flexibility index (Phi) is 3.18. The van der Waals surface area contributed by atoms with Crippen molar-refractivity contribution in [1.29, 1.82) is 0 Å². The standard InChI is InChI=1S/C13H11N3OS2/c14-11-8-3-1-2-4-9(8)19-12(11)13(17)16-7-10-15-5-6-18-10/h1-6H,7,14H2,(H,16,17). The van der Waals surface area contributed by atoms with Crippen molar-refractivity contribution in [3.8, 4) is 0 Å². The van der Waals surface area contributed by atoms with Crippen LogP contribution < -0.4 is 11.1 Å². The number of thiophene rings is 1. The minimum Gasteiger partial charge on any atom is -0.397 e. The molecular weight excluding hydrogens is 278 g/mol. The SMILES string of the molecule is Nc1c(C(=O)NCc2nccs2)sc2ccccc12. The van der Waals surface area contributed by atoms with Crippen molar-refractivity contribution in [2.45, 2.75) is 6.54 Å². The van der Waals surface area contributed by atoms with Gasteiger partial charge in [0.15, 0.2) is 0 Å². The number of nitrogens with zero attached hydrogens (tertiary/aromatic N) is 1. The van der Waals surface area contributed by atoms with E-state index in [2.05, 4.69) is 10.3 Å². The Morgan fingerprint density at radius 1 is 1.37 bits per heavy atom. The van der Waals surface area contributed by atoms with Gasteiger partial charge in [-0.25, -0.2) is 4.98 Å². The number of carbonyl (C=O) groups is 1. The van der Waals surface area contributed by atoms with Crippen molar-refractivity contribution in [2.75, 3.05) is 5.73 Å². The maximum Gasteiger partial charge on any atom is 0.263 e. The average Bonchev–Trinajstić information content (AvgIpc) is 3.05. The number of hydrogen-bond acceptors (Lipinski definition) is 5. The van der Waals surface area contributed by atoms with Gasteiger partial charge >= 0.3 is 0 Å². The fourth-order valence-corrected chi connectivity index (χ4v) is 3.41. The molecule has 0 radical (unpaired) electrons. The highest BCUT2D eigenvalue weighted by Gasteiger charge is 2.15. The van der Waals surface area contributed by atoms with Gasteiger partial charge in [-0.05, 0) is 6.07 Å². The number of carbonyl (C=O) groups excluding carboxylic acids is 1. The Morgan fingerprint density at radius 3 is 2.95 bits per heavy atom. The molecule has 2 heterocycles. The summed E-state index contributed by atoms with van der Waals surface area (Å²) in [6.07, 6.45) is 1.72. The van der Waals surface area contributed by atoms with Crippen molar-refractivity contribution in [3.05, 3.63) is 45.7 Å². The lowest BCUT2D eigenvalue weighted by Crippen LogP contribution is -2.22. The topological polar surface area (TPSA) is 68.0 Å². The van der Waals surface area contributed by atoms with Gasteiger partial charge in [-0.3, -0.25) is 4.79 Å². The van der Waals surface area contributed by atoms with Crippen LogP contribution >= 0.6 is 22.7 Å². The van der Waals surface area contributed by atoms with E-state index in [0.717, 1.165) is 15.1 Å². The molecule has 1 amide bonds. The van der Waals surface area contributed by atoms with E-state index < -0.39 is 0 Å². The zero-order valence-electron chi connectivity index (χ0n) is 9.92. The van der Waals surface area contributed by atoms with Crippen LogP contribution in [-0.2, 0) is 6.54 Å². The fraction of sp³-hybridized carbons (Fsp3) is 0.0769. The number of nitrogens with two attached hydrogens (primary N) is 1. The lowest BCUT2D eigenvalue weighted by atomic mass is 10.2. The van der Waals surface area contributed by atoms with Crippen LogP contribution in [0.4, 0.5) is 5.69 Å². The first-order chi connectivity index (χ1) is 9.25. The van der Waals surface area contributed by atoms with E-state index in [-0.39, 0.29) is 5.91 Å². The number of anilines is 1. The molecule has 3 aromatic rings. The molecule has 0 aliphatic rings. The normalized spacial score (nSPS) is 10.7. The molecule has 1 aromatic carbocycles. The summed E-state index contributed by atoms with van der Waals surface area (Å²) in [5.41, 5.74) is 6.58. The van der Waals surface area contributed by atoms with Crippen molar-refractivity contribution >= 4 is 44.4 Å². The van der Waals surface area contributed by atoms with E-state index in [4.69, 9.17) is 5.73 Å². The molecule has 2 aromatic heterocycles. The average molecular weight is 289 g/mol. The summed E-state index contributed by atoms with van der Waals surface area (Å²) < 4.78 is 1.03. The molecule has 0 aliphatic heterocycles. The summed E-state index contributed by atoms with van der Waals surface area (Å²) in [4.78, 5) is 16.8. The number of amides is 1. The number of hydrogen-bond donors (Lipinski definition) is 2. The molecule has 3 rings (SSSR count). The zero-order valence-corrected chi connectivity index (χ0v) is 11.6. The Labute approximate surface area is 117 Å². The summed E-state index contributed by atoms with van der Waals surface area (Å²) >= 11 is 2.93. The van der Waals surface area contributed by atoms with Gasteiger partial charge in [0.05, 0.1) is 12.2 Å². The molecule has 4 nitrogen and oxygen atoms in total. The van der Waals surface area contributed by atoms with Gasteiger partial charge in [0.1, 0.15) is 9.88 Å². The van der Waals surface area contributed by atoms with Crippen molar-refractivity contribution in [3.63, 3.8) is 0 Å². The number of fused-ring (bicyclic) bond motifs is 1. The highest BCUT2D eigenvalue weighted by molar-refractivity contribution is 7.21. The molecular formula is C13H11N3OS2. The van der Waals surface area contributed by atoms with Crippen molar-refractivity contribution in [2.24, 2.45) is 0 Å². The second-order valence-electron chi connectivity index (χ2n) is 3.95. The predicted molar refractivity (Wildman–Crippen MR) is 79.5 cm³/mol. The minimum atomic E-state index is -0.145. The smallest absolute Gasteiger partial charge is 0.263 e. The van der Waals surface area contributed by atoms with Crippen LogP contribution in [0.1, 0.15) is 14.7 Å². The summed E-state index contributed by atoms with van der Waals surface area (Å²) in [7, 11) is 0. The molecule has 0 saturated heterocycles. The molecule has 0 atom stereocenters. The maximum atomic E-state index is 12.1. The third-order valence-corrected chi connectivity index (χ3v) is 4.69. The van der Waals surface area contributed by atoms with Crippen molar-refractivity contribution in [1.82, 2.24) is 10.3 Å². The minimum absolute atomic E-state index is 0.145. The first kappa shape index (κ1) is 12.1. The van der Waals surface area contributed by atoms with Crippen LogP contribution in [0.3, 0.4) is 0 Å². The molecule has 19 heavy (non-hydrogen) atoms. The maximum absolute atomic E-state index is 12.1. The number of benzene rings is 1. The number of thiazole rings is 1. The second-order valence-corrected chi connectivity index (χ2v) is 5.98. The first-order valence-electron chi connectivity index (χ1n) is 5.69. The van der Waals surface area contributed by atoms with E-state index >= 15 is 0 Å². The Hall–Kier alpha value is -1.92. The highest BCUT2D eigenvalue weighted by Crippen LogP contribution is 2.33. The quantitative estimate of drug-likeness (QED) is 0.779. The number of nitrogen functional groups attached to an aromatic ring is 1. The molecule has 6 heteroatoms. The Bertz CT molecular complexity index is 719. The second kappa shape index (κ2) is 4.99. The summed E-state index contributed by atoms with van der Waals surface area (Å²) in [6.45, 7) is 0.435. The lowest BCUT2D eigenvalue weighted by molar-refractivity contribution is 0.0956. The lowest BCUT2D eigenvalue weighted by Gasteiger charge is -2.01. The van der Waals surface area contributed by atoms with E-state index in [1.807, 2.05) is 29.6 Å². The first-order valence-corrected chi connectivity index (χ1v) is 7.39. The van der Waals surface area contributed by atoms with Gasteiger partial charge in [0, 0.05) is 21.7 Å². The summed E-state index contributed by atoms with van der Waals surface area (Å²) in [5, 5.41) is 6.55. The van der Waals surface area contributed by atoms with Gasteiger partial charge in [0.25, 0.3) is 5.91 Å². The molecule has 3 N–H and O–H groups in total. The van der Waals surface area contributed by atoms with Gasteiger partial charge in [-0.15, -0.1) is 22.7 Å². The number of rotatable bonds is 3. The third-order valence-electron chi connectivity index (χ3n) is 2.72. The van der Waals surface area contributed by atoms with Crippen LogP contribution in [-0.4, -0.2) is 10.9 Å². The molecule has 0 bridgehead atoms. The molecule has 0 unspecified atom stereocenters. The van der Waals surface area contributed by atoms with Crippen LogP contribution in [0.25, 0.3) is 10.1 Å². The van der Waals surface area contributed by atoms with E-state index in [1.54, 1.807) is 6.20 Å². The Morgan fingerprint density at radius 2 is 2.21 bits per heavy atom. The van der Waals surface area contributed by atoms with Crippen LogP contribution in [0, 0.1) is 0 Å². The highest BCUT2D eigenvalue weighted by atomic mass is 32.1. The molecule has 0 saturated carbocycles. The molecule has 0 fully saturated rings. The predicted octanol–water partition coefficient (Wildman–Crippen LogP) is 2.87. The molecule has 0 spiro atoms. The Balaban J connectivity index is 1.83. The van der Waals surface area contributed by atoms with E-state index in [1.165, 1.54) is 22.7 Å². The number of aromatic nitrogens is 1. The number of nitrogens with one attached hydrogen (secondary N) is 1. The van der Waals surface area contributed by atoms with Gasteiger partial charge in [-0.1, -0.05) is 18.2 Å². The van der Waals surface area contributed by atoms with Crippen LogP contribution in [0.2, 0.25) is 0 Å². The summed E-state index contributed by atoms with van der Waals surface area (Å²) in [6, 6.07) is 7.75. The van der Waals surface area contributed by atoms with E-state index in [0.29, 0.717) is 17.1 Å². The summed E-state index contributed by atoms with van der Waals surface area (Å²) in [5.74, 6) is -0.145. The van der Waals surface area contributed by atoms with E-state index in [9.17, 15) is 4.79 Å². The molecule has 0 aliphatic carbocycles. The van der Waals surface area contributed by atoms with Crippen LogP contribution in [0.15, 0.2) is 35.8 Å². The van der Waals surface area contributed by atoms with Gasteiger partial charge in [-0.2, -0.15) is 0 Å². The molecule has 96 valence electrons. The third kappa shape index (κ3) is 2.32. The zero-order chi connectivity index (χ0) is 13.2. The monoisotopic (exact) mass is 289 g/mol. The largest absolute Gasteiger partial charge is 0.397 e. The van der Waals surface area contributed by atoms with Gasteiger partial charge < -0.3 is 11.1 Å². The fourth-order valence-electron chi connectivity index (χ4n) is 1.81. The van der Waals surface area contributed by atoms with Crippen LogP contribution in [0.5, 0.6) is 0 Å². The van der Waals surface area contributed by atoms with Crippen molar-refractivity contribution < 1.29 is 4.79 Å². The van der Waals surface area contributed by atoms with Gasteiger partial charge in [0.2, 0.25) is 0 Å².